The number of hydrogen-bond donors (Lipinski definition) is 0. The smallest absolute Gasteiger partial charge is 0.131 e. The van der Waals surface area contributed by atoms with Gasteiger partial charge in [0.1, 0.15) is 18.2 Å². The Morgan fingerprint density at radius 1 is 1.00 bits per heavy atom. The van der Waals surface area contributed by atoms with E-state index in [9.17, 15) is 9.65 Å². The van der Waals surface area contributed by atoms with Gasteiger partial charge < -0.3 is 4.74 Å². The van der Waals surface area contributed by atoms with Crippen LogP contribution in [0.3, 0.4) is 0 Å². The zero-order valence-electron chi connectivity index (χ0n) is 14.1. The molecule has 134 valence electrons. The summed E-state index contributed by atoms with van der Waals surface area (Å²) in [6.45, 7) is 0.386. The lowest BCUT2D eigenvalue weighted by Crippen LogP contribution is -1.97. The molecular weight excluding hydrogens is 473 g/mol. The zero-order chi connectivity index (χ0) is 19.2. The molecule has 2 nitrogen and oxygen atoms in total. The van der Waals surface area contributed by atoms with Crippen LogP contribution in [0, 0.1) is 17.1 Å². The van der Waals surface area contributed by atoms with E-state index in [0.717, 1.165) is 14.5 Å². The van der Waals surface area contributed by atoms with E-state index in [2.05, 4.69) is 37.9 Å². The fraction of sp³-hybridized carbons (Fsp3) is 0.0455. The summed E-state index contributed by atoms with van der Waals surface area (Å²) in [5, 5.41) is 9.52. The van der Waals surface area contributed by atoms with E-state index >= 15 is 0 Å². The van der Waals surface area contributed by atoms with Crippen molar-refractivity contribution in [1.82, 2.24) is 0 Å². The molecule has 0 amide bonds. The Balaban J connectivity index is 1.92. The Hall–Kier alpha value is -2.42. The summed E-state index contributed by atoms with van der Waals surface area (Å²) in [5.74, 6) is 0.183. The first-order chi connectivity index (χ1) is 13.1. The van der Waals surface area contributed by atoms with E-state index in [1.165, 1.54) is 6.07 Å². The summed E-state index contributed by atoms with van der Waals surface area (Å²) in [6.07, 6.45) is 1.64. The molecule has 0 heterocycles. The van der Waals surface area contributed by atoms with Gasteiger partial charge in [-0.3, -0.25) is 0 Å². The minimum absolute atomic E-state index is 0.236. The highest BCUT2D eigenvalue weighted by molar-refractivity contribution is 9.10. The van der Waals surface area contributed by atoms with Crippen molar-refractivity contribution in [3.05, 3.63) is 98.2 Å². The standard InChI is InChI=1S/C22H14Br2FNO/c23-18-7-5-15(6-8-18)14-27-22-10-9-19(24)12-16(22)11-17(13-26)20-3-1-2-4-21(20)25/h1-12H,14H2/b17-11-. The second-order valence-corrected chi connectivity index (χ2v) is 7.58. The molecule has 0 saturated carbocycles. The van der Waals surface area contributed by atoms with Gasteiger partial charge in [-0.2, -0.15) is 5.26 Å². The quantitative estimate of drug-likeness (QED) is 0.287. The third kappa shape index (κ3) is 5.06. The lowest BCUT2D eigenvalue weighted by atomic mass is 10.0. The predicted molar refractivity (Wildman–Crippen MR) is 113 cm³/mol. The molecule has 0 fully saturated rings. The van der Waals surface area contributed by atoms with Crippen molar-refractivity contribution in [3.63, 3.8) is 0 Å². The van der Waals surface area contributed by atoms with Crippen LogP contribution in [0.5, 0.6) is 5.75 Å². The van der Waals surface area contributed by atoms with Gasteiger partial charge in [0.05, 0.1) is 11.6 Å². The van der Waals surface area contributed by atoms with Crippen LogP contribution in [0.25, 0.3) is 11.6 Å². The maximum absolute atomic E-state index is 14.1. The molecule has 0 unspecified atom stereocenters. The number of ether oxygens (including phenoxy) is 1. The highest BCUT2D eigenvalue weighted by atomic mass is 79.9. The van der Waals surface area contributed by atoms with Gasteiger partial charge in [0.15, 0.2) is 0 Å². The van der Waals surface area contributed by atoms with Crippen molar-refractivity contribution in [2.24, 2.45) is 0 Å². The van der Waals surface area contributed by atoms with Crippen LogP contribution < -0.4 is 4.74 Å². The average molecular weight is 487 g/mol. The molecular formula is C22H14Br2FNO. The average Bonchev–Trinajstić information content (AvgIpc) is 2.67. The minimum Gasteiger partial charge on any atom is -0.488 e. The van der Waals surface area contributed by atoms with E-state index in [4.69, 9.17) is 4.74 Å². The predicted octanol–water partition coefficient (Wildman–Crippen LogP) is 6.99. The van der Waals surface area contributed by atoms with Crippen LogP contribution in [0.1, 0.15) is 16.7 Å². The molecule has 0 aromatic heterocycles. The summed E-state index contributed by atoms with van der Waals surface area (Å²) >= 11 is 6.84. The van der Waals surface area contributed by atoms with Gasteiger partial charge in [-0.05, 0) is 48.0 Å². The largest absolute Gasteiger partial charge is 0.488 e. The first-order valence-corrected chi connectivity index (χ1v) is 9.69. The normalized spacial score (nSPS) is 11.1. The fourth-order valence-electron chi connectivity index (χ4n) is 2.51. The van der Waals surface area contributed by atoms with Crippen molar-refractivity contribution >= 4 is 43.5 Å². The lowest BCUT2D eigenvalue weighted by molar-refractivity contribution is 0.305. The topological polar surface area (TPSA) is 33.0 Å². The van der Waals surface area contributed by atoms with Crippen LogP contribution in [0.15, 0.2) is 75.7 Å². The van der Waals surface area contributed by atoms with Crippen molar-refractivity contribution in [3.8, 4) is 11.8 Å². The van der Waals surface area contributed by atoms with Gasteiger partial charge in [-0.25, -0.2) is 4.39 Å². The number of hydrogen-bond acceptors (Lipinski definition) is 2. The summed E-state index contributed by atoms with van der Waals surface area (Å²) in [4.78, 5) is 0. The van der Waals surface area contributed by atoms with Crippen molar-refractivity contribution in [1.29, 1.82) is 5.26 Å². The molecule has 0 aliphatic heterocycles. The number of rotatable bonds is 5. The summed E-state index contributed by atoms with van der Waals surface area (Å²) in [6, 6.07) is 21.7. The van der Waals surface area contributed by atoms with Gasteiger partial charge in [0.25, 0.3) is 0 Å². The Kier molecular flexibility index (Phi) is 6.44. The van der Waals surface area contributed by atoms with Crippen LogP contribution in [-0.2, 0) is 6.61 Å². The Morgan fingerprint density at radius 3 is 2.41 bits per heavy atom. The monoisotopic (exact) mass is 485 g/mol. The first-order valence-electron chi connectivity index (χ1n) is 8.10. The SMILES string of the molecule is N#C/C(=C/c1cc(Br)ccc1OCc1ccc(Br)cc1)c1ccccc1F. The molecule has 3 aromatic rings. The van der Waals surface area contributed by atoms with Crippen molar-refractivity contribution < 1.29 is 9.13 Å². The third-order valence-corrected chi connectivity index (χ3v) is 4.89. The van der Waals surface area contributed by atoms with Crippen LogP contribution >= 0.6 is 31.9 Å². The summed E-state index contributed by atoms with van der Waals surface area (Å²) in [7, 11) is 0. The molecule has 0 spiro atoms. The number of benzene rings is 3. The number of nitriles is 1. The molecule has 0 aliphatic rings. The van der Waals surface area contributed by atoms with E-state index in [1.54, 1.807) is 24.3 Å². The van der Waals surface area contributed by atoms with E-state index in [1.807, 2.05) is 42.5 Å². The molecule has 0 aliphatic carbocycles. The second-order valence-electron chi connectivity index (χ2n) is 5.75. The third-order valence-electron chi connectivity index (χ3n) is 3.86. The highest BCUT2D eigenvalue weighted by Gasteiger charge is 2.10. The molecule has 0 atom stereocenters. The highest BCUT2D eigenvalue weighted by Crippen LogP contribution is 2.29. The molecule has 3 rings (SSSR count). The van der Waals surface area contributed by atoms with Gasteiger partial charge in [-0.1, -0.05) is 62.2 Å². The van der Waals surface area contributed by atoms with Crippen molar-refractivity contribution in [2.75, 3.05) is 0 Å². The van der Waals surface area contributed by atoms with E-state index in [0.29, 0.717) is 17.9 Å². The van der Waals surface area contributed by atoms with Crippen LogP contribution in [-0.4, -0.2) is 0 Å². The van der Waals surface area contributed by atoms with Crippen molar-refractivity contribution in [2.45, 2.75) is 6.61 Å². The molecule has 5 heteroatoms. The van der Waals surface area contributed by atoms with Gasteiger partial charge in [-0.15, -0.1) is 0 Å². The van der Waals surface area contributed by atoms with Crippen LogP contribution in [0.2, 0.25) is 0 Å². The molecule has 27 heavy (non-hydrogen) atoms. The van der Waals surface area contributed by atoms with Crippen LogP contribution in [0.4, 0.5) is 4.39 Å². The molecule has 0 bridgehead atoms. The molecule has 0 N–H and O–H groups in total. The Morgan fingerprint density at radius 2 is 1.70 bits per heavy atom. The molecule has 0 saturated heterocycles. The van der Waals surface area contributed by atoms with E-state index < -0.39 is 5.82 Å². The number of allylic oxidation sites excluding steroid dienone is 1. The Bertz CT molecular complexity index is 1020. The summed E-state index contributed by atoms with van der Waals surface area (Å²) in [5.41, 5.74) is 2.21. The fourth-order valence-corrected chi connectivity index (χ4v) is 3.15. The molecule has 3 aromatic carbocycles. The summed E-state index contributed by atoms with van der Waals surface area (Å²) < 4.78 is 21.9. The lowest BCUT2D eigenvalue weighted by Gasteiger charge is -2.11. The maximum atomic E-state index is 14.1. The molecule has 0 radical (unpaired) electrons. The first kappa shape index (κ1) is 19.3. The van der Waals surface area contributed by atoms with E-state index in [-0.39, 0.29) is 11.1 Å². The minimum atomic E-state index is -0.433. The van der Waals surface area contributed by atoms with Gasteiger partial charge in [0, 0.05) is 20.1 Å². The Labute approximate surface area is 174 Å². The number of halogens is 3. The van der Waals surface area contributed by atoms with Gasteiger partial charge >= 0.3 is 0 Å². The van der Waals surface area contributed by atoms with Gasteiger partial charge in [0.2, 0.25) is 0 Å². The number of nitrogens with zero attached hydrogens (tertiary/aromatic N) is 1. The maximum Gasteiger partial charge on any atom is 0.131 e. The second kappa shape index (κ2) is 8.98. The zero-order valence-corrected chi connectivity index (χ0v) is 17.3.